The van der Waals surface area contributed by atoms with E-state index < -0.39 is 11.0 Å². The summed E-state index contributed by atoms with van der Waals surface area (Å²) in [6.07, 6.45) is 4.61. The Balaban J connectivity index is 2.21. The lowest BCUT2D eigenvalue weighted by Gasteiger charge is -2.23. The van der Waals surface area contributed by atoms with Gasteiger partial charge >= 0.3 is 0 Å². The molecule has 2 heterocycles. The summed E-state index contributed by atoms with van der Waals surface area (Å²) in [6.45, 7) is 5.78. The number of anilines is 1. The van der Waals surface area contributed by atoms with Gasteiger partial charge in [0.1, 0.15) is 22.8 Å². The molecule has 1 amide bonds. The maximum atomic E-state index is 13.1. The molecule has 1 aromatic carbocycles. The van der Waals surface area contributed by atoms with Gasteiger partial charge in [0.25, 0.3) is 5.56 Å². The summed E-state index contributed by atoms with van der Waals surface area (Å²) in [5, 5.41) is 10.2. The predicted octanol–water partition coefficient (Wildman–Crippen LogP) is 3.04. The van der Waals surface area contributed by atoms with Gasteiger partial charge in [0.05, 0.1) is 6.54 Å². The largest absolute Gasteiger partial charge is 0.314 e. The highest BCUT2D eigenvalue weighted by Gasteiger charge is 2.22. The normalized spacial score (nSPS) is 10.9. The number of pyridine rings is 1. The fourth-order valence-corrected chi connectivity index (χ4v) is 3.54. The number of hydrogen-bond donors (Lipinski definition) is 0. The molecule has 0 saturated heterocycles. The summed E-state index contributed by atoms with van der Waals surface area (Å²) in [5.74, 6) is -0.191. The van der Waals surface area contributed by atoms with Crippen LogP contribution in [0.25, 0.3) is 5.52 Å². The van der Waals surface area contributed by atoms with Crippen molar-refractivity contribution in [2.24, 2.45) is 5.92 Å². The number of carbonyl (C=O) groups excluding carboxylic acids is 1. The number of nitrogens with zero attached hydrogens (tertiary/aromatic N) is 4. The van der Waals surface area contributed by atoms with E-state index in [1.807, 2.05) is 26.0 Å². The third-order valence-electron chi connectivity index (χ3n) is 4.66. The van der Waals surface area contributed by atoms with Gasteiger partial charge in [-0.2, -0.15) is 5.26 Å². The lowest BCUT2D eigenvalue weighted by Crippen LogP contribution is -2.37. The maximum absolute atomic E-state index is 13.1. The van der Waals surface area contributed by atoms with Crippen LogP contribution in [0, 0.1) is 17.2 Å². The molecule has 0 atom stereocenters. The molecule has 7 nitrogen and oxygen atoms in total. The lowest BCUT2D eigenvalue weighted by molar-refractivity contribution is -0.116. The monoisotopic (exact) mass is 424 g/mol. The predicted molar refractivity (Wildman–Crippen MR) is 116 cm³/mol. The van der Waals surface area contributed by atoms with Crippen LogP contribution in [0.3, 0.4) is 0 Å². The summed E-state index contributed by atoms with van der Waals surface area (Å²) < 4.78 is 2.85. The van der Waals surface area contributed by atoms with Gasteiger partial charge in [-0.05, 0) is 23.6 Å². The number of hydrogen-bond acceptors (Lipinski definition) is 4. The fourth-order valence-electron chi connectivity index (χ4n) is 3.32. The molecule has 30 heavy (non-hydrogen) atoms. The Bertz CT molecular complexity index is 1280. The van der Waals surface area contributed by atoms with Gasteiger partial charge in [-0.25, -0.2) is 0 Å². The Kier molecular flexibility index (Phi) is 6.09. The fraction of sp³-hybridized carbons (Fsp3) is 0.273. The molecule has 0 spiro atoms. The van der Waals surface area contributed by atoms with Crippen molar-refractivity contribution in [2.45, 2.75) is 27.3 Å². The molecule has 3 aromatic rings. The maximum Gasteiger partial charge on any atom is 0.276 e. The van der Waals surface area contributed by atoms with Crippen molar-refractivity contribution in [2.75, 3.05) is 11.4 Å². The van der Waals surface area contributed by atoms with Crippen LogP contribution in [-0.2, 0) is 11.3 Å². The molecular formula is C22H21ClN4O3. The van der Waals surface area contributed by atoms with E-state index in [1.54, 1.807) is 30.6 Å². The first-order valence-electron chi connectivity index (χ1n) is 9.44. The highest BCUT2D eigenvalue weighted by Crippen LogP contribution is 2.16. The average molecular weight is 425 g/mol. The van der Waals surface area contributed by atoms with Gasteiger partial charge < -0.3 is 13.9 Å². The van der Waals surface area contributed by atoms with Gasteiger partial charge in [0.2, 0.25) is 11.3 Å². The van der Waals surface area contributed by atoms with Crippen LogP contribution in [0.15, 0.2) is 52.4 Å². The van der Waals surface area contributed by atoms with Gasteiger partial charge in [0, 0.05) is 37.1 Å². The van der Waals surface area contributed by atoms with Crippen molar-refractivity contribution in [1.82, 2.24) is 8.97 Å². The number of nitriles is 1. The Morgan fingerprint density at radius 1 is 1.27 bits per heavy atom. The molecule has 0 fully saturated rings. The summed E-state index contributed by atoms with van der Waals surface area (Å²) in [7, 11) is 0. The van der Waals surface area contributed by atoms with E-state index in [9.17, 15) is 19.6 Å². The van der Waals surface area contributed by atoms with E-state index in [2.05, 4.69) is 0 Å². The highest BCUT2D eigenvalue weighted by molar-refractivity contribution is 6.30. The van der Waals surface area contributed by atoms with Crippen LogP contribution in [0.1, 0.15) is 31.9 Å². The van der Waals surface area contributed by atoms with Crippen molar-refractivity contribution < 1.29 is 4.79 Å². The molecule has 8 heteroatoms. The second-order valence-corrected chi connectivity index (χ2v) is 7.91. The van der Waals surface area contributed by atoms with Crippen LogP contribution in [0.2, 0.25) is 5.02 Å². The molecular weight excluding hydrogens is 404 g/mol. The lowest BCUT2D eigenvalue weighted by atomic mass is 10.1. The number of aromatic nitrogens is 2. The summed E-state index contributed by atoms with van der Waals surface area (Å²) in [4.78, 5) is 39.6. The van der Waals surface area contributed by atoms with E-state index in [1.165, 1.54) is 27.0 Å². The Hall–Kier alpha value is -3.37. The minimum absolute atomic E-state index is 0.0242. The second-order valence-electron chi connectivity index (χ2n) is 7.47. The van der Waals surface area contributed by atoms with Gasteiger partial charge in [-0.15, -0.1) is 0 Å². The number of carbonyl (C=O) groups is 1. The van der Waals surface area contributed by atoms with Crippen LogP contribution < -0.4 is 15.9 Å². The number of halogens is 1. The third-order valence-corrected chi connectivity index (χ3v) is 4.89. The van der Waals surface area contributed by atoms with Crippen molar-refractivity contribution in [3.05, 3.63) is 79.6 Å². The molecule has 0 N–H and O–H groups in total. The van der Waals surface area contributed by atoms with Gasteiger partial charge in [-0.1, -0.05) is 37.6 Å². The first kappa shape index (κ1) is 21.3. The summed E-state index contributed by atoms with van der Waals surface area (Å²) in [6, 6.07) is 8.96. The number of benzene rings is 1. The SMILES string of the molecule is CC(=O)N(CC(C)C)c1cn2ccn(Cc3cccc(Cl)c3)c(=O)c2c(C#N)c1=O. The van der Waals surface area contributed by atoms with Gasteiger partial charge in [0.15, 0.2) is 0 Å². The first-order valence-corrected chi connectivity index (χ1v) is 9.81. The molecule has 0 unspecified atom stereocenters. The van der Waals surface area contributed by atoms with E-state index in [0.29, 0.717) is 11.6 Å². The molecule has 0 saturated carbocycles. The quantitative estimate of drug-likeness (QED) is 0.629. The van der Waals surface area contributed by atoms with Crippen LogP contribution in [0.4, 0.5) is 5.69 Å². The Morgan fingerprint density at radius 2 is 2.00 bits per heavy atom. The van der Waals surface area contributed by atoms with Crippen molar-refractivity contribution in [1.29, 1.82) is 5.26 Å². The smallest absolute Gasteiger partial charge is 0.276 e. The third kappa shape index (κ3) is 4.14. The molecule has 0 bridgehead atoms. The zero-order chi connectivity index (χ0) is 22.0. The van der Waals surface area contributed by atoms with E-state index in [4.69, 9.17) is 11.6 Å². The minimum Gasteiger partial charge on any atom is -0.314 e. The van der Waals surface area contributed by atoms with E-state index >= 15 is 0 Å². The van der Waals surface area contributed by atoms with Crippen molar-refractivity contribution in [3.8, 4) is 6.07 Å². The molecule has 2 aromatic heterocycles. The standard InChI is InChI=1S/C22H21ClN4O3/c1-14(2)11-27(15(3)28)19-13-25-7-8-26(12-16-5-4-6-17(23)9-16)22(30)20(25)18(10-24)21(19)29/h4-9,13-14H,11-12H2,1-3H3. The van der Waals surface area contributed by atoms with Crippen LogP contribution in [-0.4, -0.2) is 21.4 Å². The Morgan fingerprint density at radius 3 is 2.60 bits per heavy atom. The van der Waals surface area contributed by atoms with Gasteiger partial charge in [-0.3, -0.25) is 14.4 Å². The molecule has 0 aliphatic rings. The van der Waals surface area contributed by atoms with Crippen LogP contribution in [0.5, 0.6) is 0 Å². The minimum atomic E-state index is -0.633. The highest BCUT2D eigenvalue weighted by atomic mass is 35.5. The van der Waals surface area contributed by atoms with Crippen molar-refractivity contribution in [3.63, 3.8) is 0 Å². The number of rotatable bonds is 5. The molecule has 0 radical (unpaired) electrons. The summed E-state index contributed by atoms with van der Waals surface area (Å²) in [5.41, 5.74) is -0.526. The van der Waals surface area contributed by atoms with E-state index in [0.717, 1.165) is 5.56 Å². The number of amides is 1. The molecule has 0 aliphatic heterocycles. The van der Waals surface area contributed by atoms with Crippen LogP contribution >= 0.6 is 11.6 Å². The van der Waals surface area contributed by atoms with Crippen molar-refractivity contribution >= 4 is 28.7 Å². The summed E-state index contributed by atoms with van der Waals surface area (Å²) >= 11 is 6.01. The molecule has 3 rings (SSSR count). The zero-order valence-electron chi connectivity index (χ0n) is 16.9. The number of fused-ring (bicyclic) bond motifs is 1. The van der Waals surface area contributed by atoms with E-state index in [-0.39, 0.29) is 35.1 Å². The topological polar surface area (TPSA) is 87.6 Å². The average Bonchev–Trinajstić information content (AvgIpc) is 2.68. The zero-order valence-corrected chi connectivity index (χ0v) is 17.7. The Labute approximate surface area is 178 Å². The second kappa shape index (κ2) is 8.56. The molecule has 154 valence electrons. The first-order chi connectivity index (χ1) is 14.2. The molecule has 0 aliphatic carbocycles.